The van der Waals surface area contributed by atoms with Gasteiger partial charge in [-0.2, -0.15) is 0 Å². The predicted octanol–water partition coefficient (Wildman–Crippen LogP) is 6.07. The molecule has 0 aliphatic carbocycles. The average Bonchev–Trinajstić information content (AvgIpc) is 2.89. The van der Waals surface area contributed by atoms with Crippen LogP contribution in [0.1, 0.15) is 23.6 Å². The van der Waals surface area contributed by atoms with Crippen LogP contribution in [0.3, 0.4) is 0 Å². The highest BCUT2D eigenvalue weighted by molar-refractivity contribution is 9.10. The number of hydrogen-bond donors (Lipinski definition) is 1. The van der Waals surface area contributed by atoms with E-state index in [4.69, 9.17) is 9.47 Å². The van der Waals surface area contributed by atoms with Gasteiger partial charge in [-0.15, -0.1) is 0 Å². The fourth-order valence-electron chi connectivity index (χ4n) is 3.73. The molecule has 0 saturated carbocycles. The minimum Gasteiger partial charge on any atom is -0.490 e. The van der Waals surface area contributed by atoms with Gasteiger partial charge < -0.3 is 9.47 Å². The molecular weight excluding hydrogens is 638 g/mol. The number of nitro benzene ring substituents is 1. The molecule has 1 saturated heterocycles. The zero-order valence-electron chi connectivity index (χ0n) is 20.7. The van der Waals surface area contributed by atoms with Crippen LogP contribution in [0.15, 0.2) is 69.1 Å². The van der Waals surface area contributed by atoms with Crippen LogP contribution in [0.4, 0.5) is 16.2 Å². The molecule has 3 aromatic carbocycles. The lowest BCUT2D eigenvalue weighted by molar-refractivity contribution is -0.384. The van der Waals surface area contributed by atoms with Gasteiger partial charge in [0.1, 0.15) is 12.2 Å². The Hall–Kier alpha value is -4.03. The molecule has 1 aliphatic rings. The number of barbiturate groups is 1. The van der Waals surface area contributed by atoms with Crippen molar-refractivity contribution in [1.29, 1.82) is 0 Å². The number of hydrogen-bond acceptors (Lipinski definition) is 7. The molecular formula is C27H21Br2N3O7. The van der Waals surface area contributed by atoms with E-state index in [0.29, 0.717) is 39.4 Å². The number of nitrogens with one attached hydrogen (secondary N) is 1. The van der Waals surface area contributed by atoms with Gasteiger partial charge in [0.25, 0.3) is 17.5 Å². The van der Waals surface area contributed by atoms with Gasteiger partial charge in [0.15, 0.2) is 11.5 Å². The van der Waals surface area contributed by atoms with Crippen LogP contribution < -0.4 is 19.7 Å². The molecule has 0 bridgehead atoms. The number of aryl methyl sites for hydroxylation is 1. The maximum Gasteiger partial charge on any atom is 0.335 e. The molecule has 200 valence electrons. The first-order valence-electron chi connectivity index (χ1n) is 11.6. The molecule has 0 aromatic heterocycles. The number of non-ortho nitro benzene ring substituents is 1. The standard InChI is InChI=1S/C27H21Br2N3O7/c1-3-38-23-12-17(22(29)13-24(23)39-14-16-4-6-18(7-5-16)32(36)37)11-20-25(33)30-27(35)31(26(20)34)19-8-9-21(28)15(2)10-19/h4-13H,3,14H2,1-2H3,(H,30,33,35)/b20-11+. The molecule has 0 radical (unpaired) electrons. The zero-order chi connectivity index (χ0) is 28.3. The Morgan fingerprint density at radius 3 is 2.31 bits per heavy atom. The van der Waals surface area contributed by atoms with Crippen LogP contribution in [0.2, 0.25) is 0 Å². The number of urea groups is 1. The van der Waals surface area contributed by atoms with Crippen LogP contribution >= 0.6 is 31.9 Å². The number of benzene rings is 3. The second-order valence-corrected chi connectivity index (χ2v) is 10.1. The van der Waals surface area contributed by atoms with Crippen molar-refractivity contribution in [3.05, 3.63) is 95.9 Å². The van der Waals surface area contributed by atoms with Gasteiger partial charge in [-0.1, -0.05) is 31.9 Å². The molecule has 1 aliphatic heterocycles. The van der Waals surface area contributed by atoms with Gasteiger partial charge in [-0.25, -0.2) is 9.69 Å². The van der Waals surface area contributed by atoms with Crippen molar-refractivity contribution in [3.8, 4) is 11.5 Å². The Kier molecular flexibility index (Phi) is 8.46. The van der Waals surface area contributed by atoms with Crippen molar-refractivity contribution in [2.45, 2.75) is 20.5 Å². The lowest BCUT2D eigenvalue weighted by atomic mass is 10.1. The summed E-state index contributed by atoms with van der Waals surface area (Å²) in [4.78, 5) is 49.8. The molecule has 0 spiro atoms. The van der Waals surface area contributed by atoms with Gasteiger partial charge >= 0.3 is 6.03 Å². The van der Waals surface area contributed by atoms with E-state index >= 15 is 0 Å². The van der Waals surface area contributed by atoms with E-state index in [1.807, 2.05) is 6.92 Å². The number of nitrogens with zero attached hydrogens (tertiary/aromatic N) is 2. The molecule has 1 heterocycles. The average molecular weight is 659 g/mol. The predicted molar refractivity (Wildman–Crippen MR) is 151 cm³/mol. The quantitative estimate of drug-likeness (QED) is 0.135. The fraction of sp³-hybridized carbons (Fsp3) is 0.148. The van der Waals surface area contributed by atoms with E-state index in [0.717, 1.165) is 14.9 Å². The fourth-order valence-corrected chi connectivity index (χ4v) is 4.42. The number of ether oxygens (including phenoxy) is 2. The smallest absolute Gasteiger partial charge is 0.335 e. The Balaban J connectivity index is 1.64. The number of rotatable bonds is 8. The highest BCUT2D eigenvalue weighted by atomic mass is 79.9. The third kappa shape index (κ3) is 6.18. The van der Waals surface area contributed by atoms with E-state index in [9.17, 15) is 24.5 Å². The molecule has 10 nitrogen and oxygen atoms in total. The number of imide groups is 2. The van der Waals surface area contributed by atoms with Gasteiger partial charge in [-0.3, -0.25) is 25.0 Å². The van der Waals surface area contributed by atoms with Crippen LogP contribution in [-0.2, 0) is 16.2 Å². The monoisotopic (exact) mass is 657 g/mol. The lowest BCUT2D eigenvalue weighted by Gasteiger charge is -2.27. The summed E-state index contributed by atoms with van der Waals surface area (Å²) in [5.74, 6) is -0.854. The molecule has 4 amide bonds. The summed E-state index contributed by atoms with van der Waals surface area (Å²) >= 11 is 6.85. The topological polar surface area (TPSA) is 128 Å². The van der Waals surface area contributed by atoms with E-state index in [1.54, 1.807) is 49.4 Å². The third-order valence-corrected chi connectivity index (χ3v) is 7.28. The zero-order valence-corrected chi connectivity index (χ0v) is 23.9. The molecule has 1 fully saturated rings. The summed E-state index contributed by atoms with van der Waals surface area (Å²) in [6.45, 7) is 4.05. The Bertz CT molecular complexity index is 1520. The van der Waals surface area contributed by atoms with Gasteiger partial charge in [0, 0.05) is 21.1 Å². The molecule has 4 rings (SSSR count). The van der Waals surface area contributed by atoms with Crippen molar-refractivity contribution in [1.82, 2.24) is 5.32 Å². The van der Waals surface area contributed by atoms with Gasteiger partial charge in [-0.05, 0) is 79.1 Å². The maximum absolute atomic E-state index is 13.3. The first-order chi connectivity index (χ1) is 18.6. The summed E-state index contributed by atoms with van der Waals surface area (Å²) in [6, 6.07) is 13.4. The molecule has 39 heavy (non-hydrogen) atoms. The Labute approximate surface area is 240 Å². The first-order valence-corrected chi connectivity index (χ1v) is 13.2. The molecule has 0 atom stereocenters. The van der Waals surface area contributed by atoms with Gasteiger partial charge in [0.2, 0.25) is 0 Å². The summed E-state index contributed by atoms with van der Waals surface area (Å²) in [7, 11) is 0. The number of carbonyl (C=O) groups excluding carboxylic acids is 3. The van der Waals surface area contributed by atoms with Crippen LogP contribution in [0.5, 0.6) is 11.5 Å². The molecule has 0 unspecified atom stereocenters. The number of amides is 4. The molecule has 3 aromatic rings. The van der Waals surface area contributed by atoms with E-state index in [2.05, 4.69) is 37.2 Å². The van der Waals surface area contributed by atoms with E-state index in [-0.39, 0.29) is 17.9 Å². The maximum atomic E-state index is 13.3. The first kappa shape index (κ1) is 28.0. The number of anilines is 1. The normalized spacial score (nSPS) is 14.4. The SMILES string of the molecule is CCOc1cc(/C=C2\C(=O)NC(=O)N(c3ccc(Br)c(C)c3)C2=O)c(Br)cc1OCc1ccc([N+](=O)[O-])cc1. The Morgan fingerprint density at radius 2 is 1.67 bits per heavy atom. The summed E-state index contributed by atoms with van der Waals surface area (Å²) in [5, 5.41) is 13.1. The van der Waals surface area contributed by atoms with Crippen LogP contribution in [0.25, 0.3) is 6.08 Å². The number of nitro groups is 1. The Morgan fingerprint density at radius 1 is 0.974 bits per heavy atom. The number of carbonyl (C=O) groups is 3. The summed E-state index contributed by atoms with van der Waals surface area (Å²) in [5.41, 5.74) is 2.02. The van der Waals surface area contributed by atoms with E-state index < -0.39 is 22.8 Å². The minimum absolute atomic E-state index is 0.0225. The van der Waals surface area contributed by atoms with Crippen molar-refractivity contribution < 1.29 is 28.8 Å². The largest absolute Gasteiger partial charge is 0.490 e. The van der Waals surface area contributed by atoms with Crippen LogP contribution in [-0.4, -0.2) is 29.4 Å². The van der Waals surface area contributed by atoms with E-state index in [1.165, 1.54) is 18.2 Å². The second-order valence-electron chi connectivity index (χ2n) is 8.36. The van der Waals surface area contributed by atoms with Crippen molar-refractivity contribution in [2.75, 3.05) is 11.5 Å². The van der Waals surface area contributed by atoms with Crippen molar-refractivity contribution in [3.63, 3.8) is 0 Å². The van der Waals surface area contributed by atoms with Crippen molar-refractivity contribution >= 4 is 67.2 Å². The van der Waals surface area contributed by atoms with Crippen LogP contribution in [0, 0.1) is 17.0 Å². The van der Waals surface area contributed by atoms with Crippen molar-refractivity contribution in [2.24, 2.45) is 0 Å². The number of halogens is 2. The highest BCUT2D eigenvalue weighted by Gasteiger charge is 2.37. The highest BCUT2D eigenvalue weighted by Crippen LogP contribution is 2.36. The lowest BCUT2D eigenvalue weighted by Crippen LogP contribution is -2.54. The second kappa shape index (κ2) is 11.8. The third-order valence-electron chi connectivity index (χ3n) is 5.71. The minimum atomic E-state index is -0.840. The molecule has 1 N–H and O–H groups in total. The summed E-state index contributed by atoms with van der Waals surface area (Å²) in [6.07, 6.45) is 1.37. The summed E-state index contributed by atoms with van der Waals surface area (Å²) < 4.78 is 12.9. The molecule has 12 heteroatoms. The van der Waals surface area contributed by atoms with Gasteiger partial charge in [0.05, 0.1) is 17.2 Å².